The molecule has 1 saturated carbocycles. The van der Waals surface area contributed by atoms with Crippen LogP contribution in [0.5, 0.6) is 0 Å². The Labute approximate surface area is 90.5 Å². The normalized spacial score (nSPS) is 42.9. The molecule has 0 heterocycles. The van der Waals surface area contributed by atoms with Gasteiger partial charge in [-0.25, -0.2) is 0 Å². The van der Waals surface area contributed by atoms with Crippen molar-refractivity contribution in [3.63, 3.8) is 0 Å². The fourth-order valence-electron chi connectivity index (χ4n) is 3.91. The molecule has 0 N–H and O–H groups in total. The maximum atomic E-state index is 2.50. The van der Waals surface area contributed by atoms with Crippen molar-refractivity contribution in [1.29, 1.82) is 0 Å². The van der Waals surface area contributed by atoms with Crippen molar-refractivity contribution in [2.24, 2.45) is 28.1 Å². The van der Waals surface area contributed by atoms with E-state index in [1.807, 2.05) is 0 Å². The molecule has 3 unspecified atom stereocenters. The smallest absolute Gasteiger partial charge is 0.0198 e. The van der Waals surface area contributed by atoms with Gasteiger partial charge in [0.25, 0.3) is 0 Å². The summed E-state index contributed by atoms with van der Waals surface area (Å²) in [4.78, 5) is 0. The molecule has 1 aliphatic rings. The maximum Gasteiger partial charge on any atom is -0.0198 e. The van der Waals surface area contributed by atoms with Crippen LogP contribution in [0.15, 0.2) is 0 Å². The first-order valence-corrected chi connectivity index (χ1v) is 6.05. The molecule has 0 spiro atoms. The van der Waals surface area contributed by atoms with E-state index in [4.69, 9.17) is 0 Å². The van der Waals surface area contributed by atoms with Gasteiger partial charge in [0.1, 0.15) is 0 Å². The molecule has 0 aromatic carbocycles. The molecule has 1 rings (SSSR count). The first-order chi connectivity index (χ1) is 6.05. The predicted octanol–water partition coefficient (Wildman–Crippen LogP) is 4.74. The van der Waals surface area contributed by atoms with Crippen molar-refractivity contribution in [2.45, 2.75) is 61.8 Å². The molecule has 3 atom stereocenters. The topological polar surface area (TPSA) is 0 Å². The zero-order valence-electron chi connectivity index (χ0n) is 11.4. The van der Waals surface area contributed by atoms with E-state index in [1.165, 1.54) is 6.42 Å². The summed E-state index contributed by atoms with van der Waals surface area (Å²) in [6.45, 7) is 19.5. The lowest BCUT2D eigenvalue weighted by Crippen LogP contribution is -2.46. The molecule has 0 amide bonds. The third kappa shape index (κ3) is 1.26. The van der Waals surface area contributed by atoms with Gasteiger partial charge >= 0.3 is 0 Å². The standard InChI is InChI=1S/C14H28/c1-10-9-11(2)14(8,12(3,4)5)13(10,6)7/h10-11H,9H2,1-8H3. The van der Waals surface area contributed by atoms with E-state index in [-0.39, 0.29) is 0 Å². The Morgan fingerprint density at radius 3 is 1.50 bits per heavy atom. The van der Waals surface area contributed by atoms with Crippen molar-refractivity contribution < 1.29 is 0 Å². The van der Waals surface area contributed by atoms with E-state index in [0.29, 0.717) is 16.2 Å². The van der Waals surface area contributed by atoms with Gasteiger partial charge in [0.15, 0.2) is 0 Å². The molecule has 1 fully saturated rings. The van der Waals surface area contributed by atoms with Crippen LogP contribution in [0.1, 0.15) is 61.8 Å². The van der Waals surface area contributed by atoms with Crippen molar-refractivity contribution in [3.8, 4) is 0 Å². The molecule has 0 aliphatic heterocycles. The van der Waals surface area contributed by atoms with Gasteiger partial charge in [0.05, 0.1) is 0 Å². The Hall–Kier alpha value is 0. The number of hydrogen-bond donors (Lipinski definition) is 0. The molecule has 84 valence electrons. The minimum absolute atomic E-state index is 0.403. The SMILES string of the molecule is CC1CC(C)C(C)(C(C)(C)C)C1(C)C. The predicted molar refractivity (Wildman–Crippen MR) is 64.3 cm³/mol. The fourth-order valence-corrected chi connectivity index (χ4v) is 3.91. The molecule has 0 heteroatoms. The zero-order chi connectivity index (χ0) is 11.4. The highest BCUT2D eigenvalue weighted by Gasteiger charge is 2.58. The molecular weight excluding hydrogens is 168 g/mol. The minimum Gasteiger partial charge on any atom is -0.0620 e. The molecule has 0 saturated heterocycles. The highest BCUT2D eigenvalue weighted by Crippen LogP contribution is 2.65. The number of hydrogen-bond acceptors (Lipinski definition) is 0. The van der Waals surface area contributed by atoms with Crippen LogP contribution in [0.2, 0.25) is 0 Å². The second-order valence-electron chi connectivity index (χ2n) is 7.21. The first kappa shape index (κ1) is 12.1. The highest BCUT2D eigenvalue weighted by atomic mass is 14.6. The van der Waals surface area contributed by atoms with E-state index in [2.05, 4.69) is 55.4 Å². The van der Waals surface area contributed by atoms with Gasteiger partial charge < -0.3 is 0 Å². The fraction of sp³-hybridized carbons (Fsp3) is 1.00. The molecule has 0 bridgehead atoms. The first-order valence-electron chi connectivity index (χ1n) is 6.05. The van der Waals surface area contributed by atoms with Gasteiger partial charge in [-0.05, 0) is 34.5 Å². The van der Waals surface area contributed by atoms with Gasteiger partial charge in [0.2, 0.25) is 0 Å². The summed E-state index contributed by atoms with van der Waals surface area (Å²) in [5, 5.41) is 0. The summed E-state index contributed by atoms with van der Waals surface area (Å²) in [6.07, 6.45) is 1.39. The largest absolute Gasteiger partial charge is 0.0620 e. The lowest BCUT2D eigenvalue weighted by atomic mass is 9.52. The summed E-state index contributed by atoms with van der Waals surface area (Å²) in [5.74, 6) is 1.69. The van der Waals surface area contributed by atoms with Crippen LogP contribution in [-0.4, -0.2) is 0 Å². The lowest BCUT2D eigenvalue weighted by Gasteiger charge is -2.52. The van der Waals surface area contributed by atoms with Crippen LogP contribution in [0.3, 0.4) is 0 Å². The summed E-state index contributed by atoms with van der Waals surface area (Å²) in [6, 6.07) is 0. The maximum absolute atomic E-state index is 2.50. The Balaban J connectivity index is 3.20. The van der Waals surface area contributed by atoms with Crippen molar-refractivity contribution in [2.75, 3.05) is 0 Å². The van der Waals surface area contributed by atoms with Crippen molar-refractivity contribution in [1.82, 2.24) is 0 Å². The Bertz CT molecular complexity index is 219. The van der Waals surface area contributed by atoms with Gasteiger partial charge in [0, 0.05) is 0 Å². The lowest BCUT2D eigenvalue weighted by molar-refractivity contribution is -0.0410. The summed E-state index contributed by atoms with van der Waals surface area (Å²) >= 11 is 0. The minimum atomic E-state index is 0.403. The third-order valence-electron chi connectivity index (χ3n) is 5.82. The van der Waals surface area contributed by atoms with E-state index < -0.39 is 0 Å². The van der Waals surface area contributed by atoms with Crippen molar-refractivity contribution >= 4 is 0 Å². The summed E-state index contributed by atoms with van der Waals surface area (Å²) in [7, 11) is 0. The van der Waals surface area contributed by atoms with E-state index in [0.717, 1.165) is 11.8 Å². The zero-order valence-corrected chi connectivity index (χ0v) is 11.4. The second kappa shape index (κ2) is 3.00. The van der Waals surface area contributed by atoms with Crippen LogP contribution >= 0.6 is 0 Å². The van der Waals surface area contributed by atoms with Crippen LogP contribution in [0.4, 0.5) is 0 Å². The Morgan fingerprint density at radius 2 is 1.36 bits per heavy atom. The van der Waals surface area contributed by atoms with E-state index in [9.17, 15) is 0 Å². The van der Waals surface area contributed by atoms with Gasteiger partial charge in [-0.3, -0.25) is 0 Å². The van der Waals surface area contributed by atoms with E-state index in [1.54, 1.807) is 0 Å². The monoisotopic (exact) mass is 196 g/mol. The molecule has 0 aromatic rings. The molecule has 0 aromatic heterocycles. The average Bonchev–Trinajstić information content (AvgIpc) is 2.12. The Morgan fingerprint density at radius 1 is 0.929 bits per heavy atom. The van der Waals surface area contributed by atoms with E-state index >= 15 is 0 Å². The van der Waals surface area contributed by atoms with Crippen LogP contribution < -0.4 is 0 Å². The van der Waals surface area contributed by atoms with Crippen molar-refractivity contribution in [3.05, 3.63) is 0 Å². The van der Waals surface area contributed by atoms with Crippen LogP contribution in [0.25, 0.3) is 0 Å². The molecule has 0 nitrogen and oxygen atoms in total. The highest BCUT2D eigenvalue weighted by molar-refractivity contribution is 5.07. The Kier molecular flexibility index (Phi) is 2.58. The van der Waals surface area contributed by atoms with Gasteiger partial charge in [-0.1, -0.05) is 55.4 Å². The molecule has 14 heavy (non-hydrogen) atoms. The molecule has 1 aliphatic carbocycles. The van der Waals surface area contributed by atoms with Crippen LogP contribution in [0, 0.1) is 28.1 Å². The second-order valence-corrected chi connectivity index (χ2v) is 7.21. The summed E-state index contributed by atoms with van der Waals surface area (Å²) < 4.78 is 0. The van der Waals surface area contributed by atoms with Gasteiger partial charge in [-0.2, -0.15) is 0 Å². The molecular formula is C14H28. The van der Waals surface area contributed by atoms with Crippen LogP contribution in [-0.2, 0) is 0 Å². The van der Waals surface area contributed by atoms with Gasteiger partial charge in [-0.15, -0.1) is 0 Å². The quantitative estimate of drug-likeness (QED) is 0.525. The number of rotatable bonds is 0. The molecule has 0 radical (unpaired) electrons. The average molecular weight is 196 g/mol. The summed E-state index contributed by atoms with van der Waals surface area (Å²) in [5.41, 5.74) is 1.32. The third-order valence-corrected chi connectivity index (χ3v) is 5.82.